The molecule has 0 saturated carbocycles. The van der Waals surface area contributed by atoms with E-state index in [1.165, 1.54) is 7.11 Å². The number of hydrogen-bond acceptors (Lipinski definition) is 4. The average Bonchev–Trinajstić information content (AvgIpc) is 2.57. The average molecular weight is 370 g/mol. The number of nitrogens with zero attached hydrogens (tertiary/aromatic N) is 1. The van der Waals surface area contributed by atoms with Crippen molar-refractivity contribution in [2.75, 3.05) is 26.8 Å². The molecule has 1 aromatic rings. The van der Waals surface area contributed by atoms with Gasteiger partial charge in [0.05, 0.1) is 6.61 Å². The number of carbonyl (C=O) groups is 2. The number of methoxy groups -OCH3 is 1. The van der Waals surface area contributed by atoms with E-state index < -0.39 is 17.5 Å². The van der Waals surface area contributed by atoms with Crippen molar-refractivity contribution in [1.29, 1.82) is 0 Å². The summed E-state index contributed by atoms with van der Waals surface area (Å²) in [5.74, 6) is -0.607. The highest BCUT2D eigenvalue weighted by atomic mass is 35.5. The molecule has 0 aliphatic carbocycles. The van der Waals surface area contributed by atoms with Gasteiger partial charge in [0.1, 0.15) is 11.2 Å². The molecule has 0 aromatic heterocycles. The number of benzene rings is 1. The molecule has 138 valence electrons. The molecule has 25 heavy (non-hydrogen) atoms. The van der Waals surface area contributed by atoms with Gasteiger partial charge in [0, 0.05) is 25.2 Å². The minimum Gasteiger partial charge on any atom is -0.481 e. The van der Waals surface area contributed by atoms with E-state index in [1.807, 2.05) is 6.92 Å². The third kappa shape index (κ3) is 4.44. The molecule has 1 aromatic carbocycles. The van der Waals surface area contributed by atoms with Crippen molar-refractivity contribution >= 4 is 23.5 Å². The maximum atomic E-state index is 12.7. The van der Waals surface area contributed by atoms with Crippen LogP contribution in [-0.2, 0) is 14.3 Å². The minimum absolute atomic E-state index is 0.0811. The van der Waals surface area contributed by atoms with Crippen LogP contribution in [0.15, 0.2) is 18.2 Å². The van der Waals surface area contributed by atoms with Crippen molar-refractivity contribution in [2.24, 2.45) is 5.41 Å². The normalized spacial score (nSPS) is 21.7. The second-order valence-corrected chi connectivity index (χ2v) is 6.96. The number of halogens is 1. The number of rotatable bonds is 6. The van der Waals surface area contributed by atoms with Crippen molar-refractivity contribution in [3.05, 3.63) is 28.8 Å². The van der Waals surface area contributed by atoms with Crippen LogP contribution in [0.2, 0.25) is 5.02 Å². The van der Waals surface area contributed by atoms with Crippen molar-refractivity contribution < 1.29 is 24.2 Å². The van der Waals surface area contributed by atoms with E-state index in [0.29, 0.717) is 30.2 Å². The summed E-state index contributed by atoms with van der Waals surface area (Å²) in [4.78, 5) is 26.0. The summed E-state index contributed by atoms with van der Waals surface area (Å²) < 4.78 is 10.8. The van der Waals surface area contributed by atoms with Crippen LogP contribution in [0.4, 0.5) is 0 Å². The first-order valence-electron chi connectivity index (χ1n) is 8.23. The van der Waals surface area contributed by atoms with E-state index in [4.69, 9.17) is 21.1 Å². The topological polar surface area (TPSA) is 76.1 Å². The number of hydrogen-bond donors (Lipinski definition) is 1. The predicted molar refractivity (Wildman–Crippen MR) is 94.0 cm³/mol. The minimum atomic E-state index is -1.06. The van der Waals surface area contributed by atoms with E-state index in [0.717, 1.165) is 5.56 Å². The molecule has 0 bridgehead atoms. The maximum Gasteiger partial charge on any atom is 0.313 e. The zero-order valence-corrected chi connectivity index (χ0v) is 15.5. The molecule has 6 nitrogen and oxygen atoms in total. The second-order valence-electron chi connectivity index (χ2n) is 6.55. The van der Waals surface area contributed by atoms with Crippen LogP contribution in [0.3, 0.4) is 0 Å². The number of aliphatic carboxylic acids is 1. The zero-order valence-electron chi connectivity index (χ0n) is 14.8. The van der Waals surface area contributed by atoms with Gasteiger partial charge in [-0.15, -0.1) is 0 Å². The highest BCUT2D eigenvalue weighted by Crippen LogP contribution is 2.31. The number of piperidine rings is 1. The van der Waals surface area contributed by atoms with Gasteiger partial charge in [0.25, 0.3) is 5.91 Å². The Morgan fingerprint density at radius 3 is 2.76 bits per heavy atom. The van der Waals surface area contributed by atoms with Crippen molar-refractivity contribution in [3.8, 4) is 5.75 Å². The van der Waals surface area contributed by atoms with Gasteiger partial charge >= 0.3 is 5.97 Å². The van der Waals surface area contributed by atoms with E-state index >= 15 is 0 Å². The number of carboxylic acids is 1. The van der Waals surface area contributed by atoms with Crippen LogP contribution in [0.5, 0.6) is 5.75 Å². The molecular weight excluding hydrogens is 346 g/mol. The number of aryl methyl sites for hydroxylation is 1. The summed E-state index contributed by atoms with van der Waals surface area (Å²) in [7, 11) is 1.47. The molecule has 7 heteroatoms. The Kier molecular flexibility index (Phi) is 6.30. The van der Waals surface area contributed by atoms with E-state index in [1.54, 1.807) is 30.0 Å². The van der Waals surface area contributed by atoms with Gasteiger partial charge in [-0.1, -0.05) is 11.6 Å². The fourth-order valence-electron chi connectivity index (χ4n) is 3.15. The van der Waals surface area contributed by atoms with Crippen LogP contribution in [-0.4, -0.2) is 54.8 Å². The van der Waals surface area contributed by atoms with E-state index in [2.05, 4.69) is 0 Å². The van der Waals surface area contributed by atoms with Crippen LogP contribution in [0, 0.1) is 12.3 Å². The lowest BCUT2D eigenvalue weighted by Crippen LogP contribution is -2.54. The van der Waals surface area contributed by atoms with Crippen LogP contribution in [0.1, 0.15) is 25.3 Å². The third-order valence-corrected chi connectivity index (χ3v) is 4.98. The lowest BCUT2D eigenvalue weighted by atomic mass is 9.80. The molecule has 1 amide bonds. The first kappa shape index (κ1) is 19.5. The zero-order chi connectivity index (χ0) is 18.6. The number of carbonyl (C=O) groups excluding carboxylic acids is 1. The molecule has 1 aliphatic heterocycles. The molecule has 1 heterocycles. The van der Waals surface area contributed by atoms with Crippen LogP contribution in [0.25, 0.3) is 0 Å². The largest absolute Gasteiger partial charge is 0.481 e. The Morgan fingerprint density at radius 2 is 2.16 bits per heavy atom. The summed E-state index contributed by atoms with van der Waals surface area (Å²) in [6, 6.07) is 5.20. The Bertz CT molecular complexity index is 646. The second kappa shape index (κ2) is 8.06. The van der Waals surface area contributed by atoms with Gasteiger partial charge in [0.15, 0.2) is 6.10 Å². The highest BCUT2D eigenvalue weighted by Gasteiger charge is 2.44. The molecule has 1 aliphatic rings. The lowest BCUT2D eigenvalue weighted by molar-refractivity contribution is -0.160. The Morgan fingerprint density at radius 1 is 1.44 bits per heavy atom. The number of carboxylic acid groups (broad SMARTS) is 1. The van der Waals surface area contributed by atoms with Crippen LogP contribution >= 0.6 is 11.6 Å². The van der Waals surface area contributed by atoms with E-state index in [9.17, 15) is 14.7 Å². The molecule has 1 N–H and O–H groups in total. The molecule has 1 saturated heterocycles. The third-order valence-electron chi connectivity index (χ3n) is 4.55. The maximum absolute atomic E-state index is 12.7. The first-order chi connectivity index (χ1) is 11.8. The molecule has 2 unspecified atom stereocenters. The molecular formula is C18H24ClNO5. The highest BCUT2D eigenvalue weighted by molar-refractivity contribution is 6.31. The van der Waals surface area contributed by atoms with Crippen molar-refractivity contribution in [1.82, 2.24) is 4.90 Å². The van der Waals surface area contributed by atoms with Gasteiger partial charge in [-0.05, 0) is 50.5 Å². The van der Waals surface area contributed by atoms with Crippen LogP contribution < -0.4 is 4.74 Å². The van der Waals surface area contributed by atoms with Crippen molar-refractivity contribution in [2.45, 2.75) is 32.8 Å². The molecule has 0 spiro atoms. The van der Waals surface area contributed by atoms with Crippen molar-refractivity contribution in [3.63, 3.8) is 0 Å². The fourth-order valence-corrected chi connectivity index (χ4v) is 3.27. The smallest absolute Gasteiger partial charge is 0.313 e. The molecule has 1 fully saturated rings. The predicted octanol–water partition coefficient (Wildman–Crippen LogP) is 2.76. The Labute approximate surface area is 152 Å². The summed E-state index contributed by atoms with van der Waals surface area (Å²) in [5.41, 5.74) is -0.194. The van der Waals surface area contributed by atoms with E-state index in [-0.39, 0.29) is 19.1 Å². The van der Waals surface area contributed by atoms with Gasteiger partial charge in [-0.3, -0.25) is 9.59 Å². The fraction of sp³-hybridized carbons (Fsp3) is 0.556. The van der Waals surface area contributed by atoms with Gasteiger partial charge in [0.2, 0.25) is 0 Å². The standard InChI is InChI=1S/C18H24ClNO5/c1-12-9-14(5-6-15(12)19)25-13(2)16(21)20-8-4-7-18(10-20,11-24-3)17(22)23/h5-6,9,13H,4,7-8,10-11H2,1-3H3,(H,22,23). The van der Waals surface area contributed by atoms with Gasteiger partial charge in [-0.2, -0.15) is 0 Å². The number of ether oxygens (including phenoxy) is 2. The monoisotopic (exact) mass is 369 g/mol. The number of amides is 1. The summed E-state index contributed by atoms with van der Waals surface area (Å²) in [6.45, 7) is 4.25. The molecule has 2 rings (SSSR count). The van der Waals surface area contributed by atoms with Gasteiger partial charge in [-0.25, -0.2) is 0 Å². The quantitative estimate of drug-likeness (QED) is 0.834. The lowest BCUT2D eigenvalue weighted by Gasteiger charge is -2.40. The number of likely N-dealkylation sites (tertiary alicyclic amines) is 1. The Hall–Kier alpha value is -1.79. The SMILES string of the molecule is COCC1(C(=O)O)CCCN(C(=O)C(C)Oc2ccc(Cl)c(C)c2)C1. The molecule has 2 atom stereocenters. The molecule has 0 radical (unpaired) electrons. The summed E-state index contributed by atoms with van der Waals surface area (Å²) in [6.07, 6.45) is 0.396. The Balaban J connectivity index is 2.07. The summed E-state index contributed by atoms with van der Waals surface area (Å²) >= 11 is 5.99. The first-order valence-corrected chi connectivity index (χ1v) is 8.61. The summed E-state index contributed by atoms with van der Waals surface area (Å²) in [5, 5.41) is 10.2. The van der Waals surface area contributed by atoms with Gasteiger partial charge < -0.3 is 19.5 Å².